The minimum atomic E-state index is -4.71. The van der Waals surface area contributed by atoms with Crippen molar-refractivity contribution in [3.63, 3.8) is 0 Å². The highest BCUT2D eigenvalue weighted by atomic mass is 127. The van der Waals surface area contributed by atoms with Crippen LogP contribution in [0.5, 0.6) is 0 Å². The van der Waals surface area contributed by atoms with Crippen LogP contribution in [0.4, 0.5) is 13.2 Å². The van der Waals surface area contributed by atoms with Crippen LogP contribution < -0.4 is 5.73 Å². The summed E-state index contributed by atoms with van der Waals surface area (Å²) in [6, 6.07) is 3.56. The Bertz CT molecular complexity index is 1110. The Morgan fingerprint density at radius 2 is 1.81 bits per heavy atom. The summed E-state index contributed by atoms with van der Waals surface area (Å²) in [5.74, 6) is 0. The number of aromatic nitrogens is 3. The van der Waals surface area contributed by atoms with E-state index >= 15 is 0 Å². The minimum Gasteiger partial charge on any atom is -0.394 e. The van der Waals surface area contributed by atoms with Crippen molar-refractivity contribution in [2.45, 2.75) is 31.9 Å². The molecular weight excluding hydrogens is 470 g/mol. The standard InChI is InChI=1S/C18H15F3IN5/c19-18(20,21)16(24)10(7-23)15-9-4-2-1-3-8(9)13-11(25-15)5-6-12-14(13)17(22)27-26-12/h5-7,23H,1-4,24H2,(H,26,27). The molecule has 0 bridgehead atoms. The molecule has 0 radical (unpaired) electrons. The second kappa shape index (κ2) is 6.47. The first-order valence-electron chi connectivity index (χ1n) is 8.38. The van der Waals surface area contributed by atoms with Gasteiger partial charge in [-0.1, -0.05) is 0 Å². The van der Waals surface area contributed by atoms with E-state index in [-0.39, 0.29) is 11.3 Å². The molecule has 140 valence electrons. The van der Waals surface area contributed by atoms with E-state index in [4.69, 9.17) is 11.1 Å². The van der Waals surface area contributed by atoms with E-state index in [1.54, 1.807) is 12.1 Å². The average molecular weight is 485 g/mol. The van der Waals surface area contributed by atoms with Gasteiger partial charge in [-0.15, -0.1) is 0 Å². The number of nitrogens with two attached hydrogens (primary N) is 1. The van der Waals surface area contributed by atoms with Gasteiger partial charge in [0, 0.05) is 22.6 Å². The molecule has 5 nitrogen and oxygen atoms in total. The minimum absolute atomic E-state index is 0.167. The maximum atomic E-state index is 13.2. The molecule has 0 amide bonds. The summed E-state index contributed by atoms with van der Waals surface area (Å²) in [5.41, 5.74) is 7.00. The van der Waals surface area contributed by atoms with Gasteiger partial charge in [0.2, 0.25) is 0 Å². The number of nitrogens with one attached hydrogen (secondary N) is 2. The van der Waals surface area contributed by atoms with Gasteiger partial charge in [-0.05, 0) is 71.5 Å². The highest BCUT2D eigenvalue weighted by Gasteiger charge is 2.35. The van der Waals surface area contributed by atoms with Gasteiger partial charge in [-0.25, -0.2) is 4.98 Å². The lowest BCUT2D eigenvalue weighted by Crippen LogP contribution is -2.23. The smallest absolute Gasteiger partial charge is 0.394 e. The summed E-state index contributed by atoms with van der Waals surface area (Å²) in [4.78, 5) is 4.53. The Hall–Kier alpha value is -2.17. The lowest BCUT2D eigenvalue weighted by molar-refractivity contribution is -0.0919. The predicted octanol–water partition coefficient (Wildman–Crippen LogP) is 4.48. The number of pyridine rings is 1. The molecule has 9 heteroatoms. The number of hydrogen-bond donors (Lipinski definition) is 3. The van der Waals surface area contributed by atoms with Crippen molar-refractivity contribution in [1.29, 1.82) is 5.41 Å². The Labute approximate surface area is 165 Å². The number of aromatic amines is 1. The largest absolute Gasteiger partial charge is 0.431 e. The molecule has 0 saturated carbocycles. The van der Waals surface area contributed by atoms with Gasteiger partial charge in [0.05, 0.1) is 16.7 Å². The second-order valence-corrected chi connectivity index (χ2v) is 7.56. The molecule has 0 spiro atoms. The third-order valence-corrected chi connectivity index (χ3v) is 5.72. The molecule has 0 fully saturated rings. The molecular formula is C18H15F3IN5. The highest BCUT2D eigenvalue weighted by molar-refractivity contribution is 14.1. The third-order valence-electron chi connectivity index (χ3n) is 4.94. The van der Waals surface area contributed by atoms with Crippen molar-refractivity contribution in [2.24, 2.45) is 5.73 Å². The van der Waals surface area contributed by atoms with Gasteiger partial charge < -0.3 is 11.1 Å². The van der Waals surface area contributed by atoms with E-state index in [0.29, 0.717) is 18.2 Å². The Morgan fingerprint density at radius 3 is 2.48 bits per heavy atom. The zero-order valence-corrected chi connectivity index (χ0v) is 16.2. The molecule has 2 aromatic heterocycles. The van der Waals surface area contributed by atoms with Crippen molar-refractivity contribution in [3.8, 4) is 0 Å². The zero-order valence-electron chi connectivity index (χ0n) is 14.0. The maximum absolute atomic E-state index is 13.2. The second-order valence-electron chi connectivity index (χ2n) is 6.49. The van der Waals surface area contributed by atoms with Crippen LogP contribution in [0.15, 0.2) is 17.8 Å². The monoisotopic (exact) mass is 485 g/mol. The Morgan fingerprint density at radius 1 is 1.15 bits per heavy atom. The lowest BCUT2D eigenvalue weighted by Gasteiger charge is -2.23. The number of rotatable bonds is 2. The fourth-order valence-corrected chi connectivity index (χ4v) is 4.41. The van der Waals surface area contributed by atoms with Gasteiger partial charge >= 0.3 is 6.18 Å². The summed E-state index contributed by atoms with van der Waals surface area (Å²) in [6.07, 6.45) is -0.877. The molecule has 0 aliphatic heterocycles. The van der Waals surface area contributed by atoms with Gasteiger partial charge in [-0.2, -0.15) is 18.3 Å². The molecule has 1 aromatic carbocycles. The molecule has 27 heavy (non-hydrogen) atoms. The first kappa shape index (κ1) is 18.2. The van der Waals surface area contributed by atoms with Crippen molar-refractivity contribution in [2.75, 3.05) is 0 Å². The van der Waals surface area contributed by atoms with Gasteiger partial charge in [0.15, 0.2) is 0 Å². The van der Waals surface area contributed by atoms with Crippen LogP contribution in [0, 0.1) is 9.11 Å². The number of alkyl halides is 3. The third kappa shape index (κ3) is 2.88. The number of aryl methyl sites for hydroxylation is 1. The first-order valence-corrected chi connectivity index (χ1v) is 9.46. The number of allylic oxidation sites excluding steroid dienone is 2. The fourth-order valence-electron chi connectivity index (χ4n) is 3.74. The van der Waals surface area contributed by atoms with Crippen molar-refractivity contribution < 1.29 is 13.2 Å². The molecule has 0 saturated heterocycles. The fraction of sp³-hybridized carbons (Fsp3) is 0.278. The summed E-state index contributed by atoms with van der Waals surface area (Å²) in [5, 5.41) is 16.7. The summed E-state index contributed by atoms with van der Waals surface area (Å²) >= 11 is 2.17. The molecule has 4 N–H and O–H groups in total. The number of benzene rings is 1. The van der Waals surface area contributed by atoms with E-state index in [0.717, 1.165) is 50.4 Å². The quantitative estimate of drug-likeness (QED) is 0.370. The molecule has 4 rings (SSSR count). The number of H-pyrrole nitrogens is 1. The molecule has 2 heterocycles. The van der Waals surface area contributed by atoms with E-state index in [9.17, 15) is 13.2 Å². The Balaban J connectivity index is 2.14. The van der Waals surface area contributed by atoms with Crippen LogP contribution in [-0.2, 0) is 12.8 Å². The SMILES string of the molecule is N=CC(=C(N)C(F)(F)F)c1nc2ccc3n[nH]c(I)c3c2c2c1CCCC2. The van der Waals surface area contributed by atoms with Crippen molar-refractivity contribution in [3.05, 3.63) is 38.4 Å². The Kier molecular flexibility index (Phi) is 4.36. The van der Waals surface area contributed by atoms with Crippen molar-refractivity contribution in [1.82, 2.24) is 15.2 Å². The first-order chi connectivity index (χ1) is 12.8. The molecule has 0 atom stereocenters. The number of nitrogens with zero attached hydrogens (tertiary/aromatic N) is 2. The van der Waals surface area contributed by atoms with Gasteiger partial charge in [-0.3, -0.25) is 5.10 Å². The van der Waals surface area contributed by atoms with Gasteiger partial charge in [0.1, 0.15) is 9.40 Å². The lowest BCUT2D eigenvalue weighted by atomic mass is 9.85. The average Bonchev–Trinajstić information content (AvgIpc) is 3.02. The van der Waals surface area contributed by atoms with E-state index in [1.165, 1.54) is 0 Å². The number of fused-ring (bicyclic) bond motifs is 5. The summed E-state index contributed by atoms with van der Waals surface area (Å²) < 4.78 is 40.5. The van der Waals surface area contributed by atoms with Crippen LogP contribution >= 0.6 is 22.6 Å². The van der Waals surface area contributed by atoms with Crippen LogP contribution in [0.25, 0.3) is 27.4 Å². The van der Waals surface area contributed by atoms with E-state index in [2.05, 4.69) is 37.8 Å². The summed E-state index contributed by atoms with van der Waals surface area (Å²) in [7, 11) is 0. The number of hydrogen-bond acceptors (Lipinski definition) is 4. The molecule has 1 aliphatic rings. The van der Waals surface area contributed by atoms with Crippen LogP contribution in [-0.4, -0.2) is 27.6 Å². The zero-order chi connectivity index (χ0) is 19.3. The number of halogens is 4. The van der Waals surface area contributed by atoms with E-state index < -0.39 is 11.9 Å². The predicted molar refractivity (Wildman–Crippen MR) is 107 cm³/mol. The summed E-state index contributed by atoms with van der Waals surface area (Å²) in [6.45, 7) is 0. The topological polar surface area (TPSA) is 91.4 Å². The molecule has 3 aromatic rings. The van der Waals surface area contributed by atoms with Gasteiger partial charge in [0.25, 0.3) is 0 Å². The molecule has 1 aliphatic carbocycles. The molecule has 0 unspecified atom stereocenters. The van der Waals surface area contributed by atoms with Crippen LogP contribution in [0.3, 0.4) is 0 Å². The van der Waals surface area contributed by atoms with E-state index in [1.807, 2.05) is 0 Å². The van der Waals surface area contributed by atoms with Crippen LogP contribution in [0.1, 0.15) is 29.7 Å². The van der Waals surface area contributed by atoms with Crippen molar-refractivity contribution >= 4 is 56.2 Å². The normalized spacial score (nSPS) is 15.7. The maximum Gasteiger partial charge on any atom is 0.431 e. The highest BCUT2D eigenvalue weighted by Crippen LogP contribution is 2.38. The van der Waals surface area contributed by atoms with Crippen LogP contribution in [0.2, 0.25) is 0 Å².